The molecule has 23 heavy (non-hydrogen) atoms. The molecule has 1 aromatic rings. The number of carbonyl (C=O) groups excluding carboxylic acids is 1. The molecule has 0 aliphatic carbocycles. The fourth-order valence-electron chi connectivity index (χ4n) is 2.75. The van der Waals surface area contributed by atoms with Crippen LogP contribution in [0.4, 0.5) is 0 Å². The Kier molecular flexibility index (Phi) is 6.02. The van der Waals surface area contributed by atoms with Gasteiger partial charge in [0, 0.05) is 19.5 Å². The number of carboxylic acid groups (broad SMARTS) is 1. The molecule has 0 bridgehead atoms. The minimum atomic E-state index is -0.751. The molecule has 1 aliphatic heterocycles. The number of piperidine rings is 1. The van der Waals surface area contributed by atoms with Gasteiger partial charge in [-0.3, -0.25) is 9.59 Å². The smallest absolute Gasteiger partial charge is 0.306 e. The molecule has 126 valence electrons. The zero-order chi connectivity index (χ0) is 16.8. The lowest BCUT2D eigenvalue weighted by Gasteiger charge is -2.30. The van der Waals surface area contributed by atoms with E-state index in [2.05, 4.69) is 6.92 Å². The van der Waals surface area contributed by atoms with E-state index in [0.29, 0.717) is 45.4 Å². The lowest BCUT2D eigenvalue weighted by molar-refractivity contribution is -0.145. The van der Waals surface area contributed by atoms with E-state index in [9.17, 15) is 9.59 Å². The minimum absolute atomic E-state index is 0.0949. The number of hydrogen-bond acceptors (Lipinski definition) is 3. The van der Waals surface area contributed by atoms with Crippen LogP contribution in [0, 0.1) is 19.8 Å². The summed E-state index contributed by atoms with van der Waals surface area (Å²) in [5.74, 6) is -0.119. The number of likely N-dealkylation sites (tertiary alicyclic amines) is 1. The number of rotatable bonds is 6. The average Bonchev–Trinajstić information content (AvgIpc) is 2.54. The molecule has 1 N–H and O–H groups in total. The van der Waals surface area contributed by atoms with Crippen molar-refractivity contribution in [3.8, 4) is 5.75 Å². The summed E-state index contributed by atoms with van der Waals surface area (Å²) in [4.78, 5) is 24.8. The normalized spacial score (nSPS) is 15.5. The topological polar surface area (TPSA) is 66.8 Å². The third kappa shape index (κ3) is 4.98. The van der Waals surface area contributed by atoms with Crippen LogP contribution in [0.3, 0.4) is 0 Å². The summed E-state index contributed by atoms with van der Waals surface area (Å²) in [5.41, 5.74) is 2.43. The van der Waals surface area contributed by atoms with Crippen molar-refractivity contribution < 1.29 is 19.4 Å². The van der Waals surface area contributed by atoms with Crippen molar-refractivity contribution >= 4 is 11.9 Å². The van der Waals surface area contributed by atoms with Gasteiger partial charge in [0.1, 0.15) is 5.75 Å². The van der Waals surface area contributed by atoms with E-state index in [4.69, 9.17) is 9.84 Å². The van der Waals surface area contributed by atoms with Crippen molar-refractivity contribution in [1.82, 2.24) is 4.90 Å². The first kappa shape index (κ1) is 17.3. The largest absolute Gasteiger partial charge is 0.494 e. The summed E-state index contributed by atoms with van der Waals surface area (Å²) in [6.07, 6.45) is 2.23. The average molecular weight is 319 g/mol. The highest BCUT2D eigenvalue weighted by molar-refractivity contribution is 5.77. The maximum absolute atomic E-state index is 12.1. The summed E-state index contributed by atoms with van der Waals surface area (Å²) in [6.45, 7) is 5.72. The predicted molar refractivity (Wildman–Crippen MR) is 87.6 cm³/mol. The molecule has 0 unspecified atom stereocenters. The van der Waals surface area contributed by atoms with Gasteiger partial charge in [-0.1, -0.05) is 6.07 Å². The van der Waals surface area contributed by atoms with Crippen LogP contribution in [0.5, 0.6) is 5.75 Å². The quantitative estimate of drug-likeness (QED) is 0.819. The first-order valence-electron chi connectivity index (χ1n) is 8.18. The van der Waals surface area contributed by atoms with Crippen molar-refractivity contribution in [2.75, 3.05) is 19.7 Å². The van der Waals surface area contributed by atoms with Gasteiger partial charge in [0.2, 0.25) is 5.91 Å². The van der Waals surface area contributed by atoms with Crippen LogP contribution < -0.4 is 4.74 Å². The molecule has 0 radical (unpaired) electrons. The maximum Gasteiger partial charge on any atom is 0.306 e. The van der Waals surface area contributed by atoms with E-state index >= 15 is 0 Å². The molecule has 2 rings (SSSR count). The fraction of sp³-hybridized carbons (Fsp3) is 0.556. The maximum atomic E-state index is 12.1. The summed E-state index contributed by atoms with van der Waals surface area (Å²) in [7, 11) is 0. The Bertz CT molecular complexity index is 562. The van der Waals surface area contributed by atoms with E-state index in [1.165, 1.54) is 11.1 Å². The van der Waals surface area contributed by atoms with Crippen molar-refractivity contribution in [1.29, 1.82) is 0 Å². The second-order valence-electron chi connectivity index (χ2n) is 6.19. The van der Waals surface area contributed by atoms with Gasteiger partial charge in [-0.05, 0) is 56.4 Å². The van der Waals surface area contributed by atoms with Crippen LogP contribution >= 0.6 is 0 Å². The summed E-state index contributed by atoms with van der Waals surface area (Å²) in [6, 6.07) is 5.98. The summed E-state index contributed by atoms with van der Waals surface area (Å²) < 4.78 is 5.68. The molecule has 1 fully saturated rings. The van der Waals surface area contributed by atoms with Crippen molar-refractivity contribution in [2.24, 2.45) is 5.92 Å². The van der Waals surface area contributed by atoms with Crippen LogP contribution in [-0.2, 0) is 9.59 Å². The first-order valence-corrected chi connectivity index (χ1v) is 8.18. The molecule has 1 aliphatic rings. The highest BCUT2D eigenvalue weighted by atomic mass is 16.5. The zero-order valence-corrected chi connectivity index (χ0v) is 13.9. The number of hydrogen-bond donors (Lipinski definition) is 1. The molecule has 0 saturated carbocycles. The molecule has 5 heteroatoms. The molecule has 1 saturated heterocycles. The Balaban J connectivity index is 1.67. The number of aryl methyl sites for hydroxylation is 2. The van der Waals surface area contributed by atoms with Gasteiger partial charge < -0.3 is 14.7 Å². The Morgan fingerprint density at radius 1 is 1.22 bits per heavy atom. The molecule has 0 aromatic heterocycles. The molecular weight excluding hydrogens is 294 g/mol. The summed E-state index contributed by atoms with van der Waals surface area (Å²) in [5, 5.41) is 8.96. The van der Waals surface area contributed by atoms with E-state index < -0.39 is 5.97 Å². The highest BCUT2D eigenvalue weighted by Crippen LogP contribution is 2.19. The van der Waals surface area contributed by atoms with Crippen molar-refractivity contribution in [3.05, 3.63) is 29.3 Å². The van der Waals surface area contributed by atoms with Crippen LogP contribution in [0.25, 0.3) is 0 Å². The predicted octanol–water partition coefficient (Wildman–Crippen LogP) is 2.79. The molecule has 0 atom stereocenters. The van der Waals surface area contributed by atoms with Crippen molar-refractivity contribution in [2.45, 2.75) is 39.5 Å². The lowest BCUT2D eigenvalue weighted by Crippen LogP contribution is -2.40. The van der Waals surface area contributed by atoms with Gasteiger partial charge in [0.05, 0.1) is 12.5 Å². The lowest BCUT2D eigenvalue weighted by atomic mass is 9.97. The molecule has 1 aromatic carbocycles. The molecule has 1 amide bonds. The number of benzene rings is 1. The zero-order valence-electron chi connectivity index (χ0n) is 13.9. The van der Waals surface area contributed by atoms with Gasteiger partial charge in [0.15, 0.2) is 0 Å². The Labute approximate surface area is 137 Å². The third-order valence-electron chi connectivity index (χ3n) is 4.48. The van der Waals surface area contributed by atoms with E-state index in [-0.39, 0.29) is 11.8 Å². The second kappa shape index (κ2) is 7.99. The van der Waals surface area contributed by atoms with Crippen LogP contribution in [0.2, 0.25) is 0 Å². The summed E-state index contributed by atoms with van der Waals surface area (Å²) >= 11 is 0. The Morgan fingerprint density at radius 3 is 2.52 bits per heavy atom. The van der Waals surface area contributed by atoms with Crippen molar-refractivity contribution in [3.63, 3.8) is 0 Å². The standard InChI is InChI=1S/C18H25NO4/c1-13-5-6-16(12-14(13)2)23-11-3-4-17(20)19-9-7-15(8-10-19)18(21)22/h5-6,12,15H,3-4,7-11H2,1-2H3,(H,21,22). The number of aliphatic carboxylic acids is 1. The number of carbonyl (C=O) groups is 2. The van der Waals surface area contributed by atoms with Gasteiger partial charge >= 0.3 is 5.97 Å². The highest BCUT2D eigenvalue weighted by Gasteiger charge is 2.26. The number of ether oxygens (including phenoxy) is 1. The molecule has 5 nitrogen and oxygen atoms in total. The molecule has 1 heterocycles. The fourth-order valence-corrected chi connectivity index (χ4v) is 2.75. The van der Waals surface area contributed by atoms with E-state index in [0.717, 1.165) is 5.75 Å². The first-order chi connectivity index (χ1) is 11.0. The number of carboxylic acids is 1. The molecular formula is C18H25NO4. The minimum Gasteiger partial charge on any atom is -0.494 e. The van der Waals surface area contributed by atoms with Crippen LogP contribution in [0.1, 0.15) is 36.8 Å². The van der Waals surface area contributed by atoms with E-state index in [1.54, 1.807) is 4.90 Å². The SMILES string of the molecule is Cc1ccc(OCCCC(=O)N2CCC(C(=O)O)CC2)cc1C. The van der Waals surface area contributed by atoms with E-state index in [1.807, 2.05) is 25.1 Å². The van der Waals surface area contributed by atoms with Crippen LogP contribution in [-0.4, -0.2) is 41.6 Å². The second-order valence-corrected chi connectivity index (χ2v) is 6.19. The Morgan fingerprint density at radius 2 is 1.91 bits per heavy atom. The number of amides is 1. The number of nitrogens with zero attached hydrogens (tertiary/aromatic N) is 1. The molecule has 0 spiro atoms. The monoisotopic (exact) mass is 319 g/mol. The van der Waals surface area contributed by atoms with Gasteiger partial charge in [0.25, 0.3) is 0 Å². The van der Waals surface area contributed by atoms with Crippen LogP contribution in [0.15, 0.2) is 18.2 Å². The third-order valence-corrected chi connectivity index (χ3v) is 4.48. The van der Waals surface area contributed by atoms with Gasteiger partial charge in [-0.15, -0.1) is 0 Å². The van der Waals surface area contributed by atoms with Gasteiger partial charge in [-0.2, -0.15) is 0 Å². The van der Waals surface area contributed by atoms with Gasteiger partial charge in [-0.25, -0.2) is 0 Å². The Hall–Kier alpha value is -2.04.